The van der Waals surface area contributed by atoms with Crippen LogP contribution >= 0.6 is 0 Å². The van der Waals surface area contributed by atoms with Crippen LogP contribution in [0.1, 0.15) is 29.4 Å². The summed E-state index contributed by atoms with van der Waals surface area (Å²) in [5, 5.41) is 7.67. The van der Waals surface area contributed by atoms with Crippen LogP contribution in [0.5, 0.6) is 5.75 Å². The molecule has 0 saturated carbocycles. The van der Waals surface area contributed by atoms with Crippen molar-refractivity contribution < 1.29 is 9.53 Å². The zero-order valence-corrected chi connectivity index (χ0v) is 16.9. The third-order valence-corrected chi connectivity index (χ3v) is 5.32. The molecule has 0 aliphatic carbocycles. The van der Waals surface area contributed by atoms with Gasteiger partial charge in [-0.1, -0.05) is 37.3 Å². The number of benzene rings is 2. The van der Waals surface area contributed by atoms with Gasteiger partial charge in [0.2, 0.25) is 0 Å². The van der Waals surface area contributed by atoms with Gasteiger partial charge in [-0.15, -0.1) is 0 Å². The van der Waals surface area contributed by atoms with E-state index in [0.717, 1.165) is 35.5 Å². The molecule has 6 heteroatoms. The van der Waals surface area contributed by atoms with Crippen molar-refractivity contribution in [3.8, 4) is 5.75 Å². The van der Waals surface area contributed by atoms with Gasteiger partial charge in [-0.05, 0) is 36.2 Å². The highest BCUT2D eigenvalue weighted by molar-refractivity contribution is 5.89. The van der Waals surface area contributed by atoms with Gasteiger partial charge in [0.1, 0.15) is 18.1 Å². The van der Waals surface area contributed by atoms with E-state index in [1.807, 2.05) is 65.2 Å². The summed E-state index contributed by atoms with van der Waals surface area (Å²) in [7, 11) is 1.96. The number of rotatable bonds is 5. The highest BCUT2D eigenvalue weighted by atomic mass is 16.5. The maximum Gasteiger partial charge on any atom is 0.322 e. The molecule has 2 aromatic carbocycles. The van der Waals surface area contributed by atoms with E-state index < -0.39 is 0 Å². The molecule has 3 aromatic rings. The molecular formula is C23H26N4O2. The minimum Gasteiger partial charge on any atom is -0.487 e. The van der Waals surface area contributed by atoms with Gasteiger partial charge in [-0.25, -0.2) is 4.79 Å². The van der Waals surface area contributed by atoms with Gasteiger partial charge in [0.25, 0.3) is 0 Å². The number of urea groups is 1. The molecule has 0 fully saturated rings. The third-order valence-electron chi connectivity index (χ3n) is 5.32. The molecule has 1 aromatic heterocycles. The predicted octanol–water partition coefficient (Wildman–Crippen LogP) is 4.15. The van der Waals surface area contributed by atoms with Crippen LogP contribution in [0.25, 0.3) is 0 Å². The molecule has 2 amide bonds. The lowest BCUT2D eigenvalue weighted by atomic mass is 10.1. The van der Waals surface area contributed by atoms with Gasteiger partial charge < -0.3 is 15.0 Å². The van der Waals surface area contributed by atoms with Gasteiger partial charge in [0, 0.05) is 37.0 Å². The van der Waals surface area contributed by atoms with Crippen molar-refractivity contribution in [3.05, 3.63) is 77.1 Å². The van der Waals surface area contributed by atoms with Crippen molar-refractivity contribution in [1.82, 2.24) is 14.7 Å². The van der Waals surface area contributed by atoms with Crippen molar-refractivity contribution >= 4 is 11.7 Å². The van der Waals surface area contributed by atoms with Crippen LogP contribution in [-0.2, 0) is 33.0 Å². The molecule has 29 heavy (non-hydrogen) atoms. The monoisotopic (exact) mass is 390 g/mol. The Hall–Kier alpha value is -3.28. The van der Waals surface area contributed by atoms with Gasteiger partial charge >= 0.3 is 6.03 Å². The Labute approximate surface area is 171 Å². The fraction of sp³-hybridized carbons (Fsp3) is 0.304. The first-order valence-corrected chi connectivity index (χ1v) is 10.0. The second kappa shape index (κ2) is 8.39. The molecule has 0 spiro atoms. The lowest BCUT2D eigenvalue weighted by molar-refractivity contribution is 0.205. The van der Waals surface area contributed by atoms with E-state index in [9.17, 15) is 4.79 Å². The van der Waals surface area contributed by atoms with Crippen LogP contribution < -0.4 is 10.1 Å². The number of ether oxygens (including phenoxy) is 1. The predicted molar refractivity (Wildman–Crippen MR) is 113 cm³/mol. The molecule has 0 bridgehead atoms. The maximum absolute atomic E-state index is 12.8. The number of fused-ring (bicyclic) bond motifs is 1. The van der Waals surface area contributed by atoms with E-state index in [1.165, 1.54) is 11.3 Å². The summed E-state index contributed by atoms with van der Waals surface area (Å²) in [6.45, 7) is 3.70. The number of carbonyl (C=O) groups excluding carboxylic acids is 1. The van der Waals surface area contributed by atoms with E-state index in [0.29, 0.717) is 19.7 Å². The number of aryl methyl sites for hydroxylation is 2. The Morgan fingerprint density at radius 1 is 1.17 bits per heavy atom. The van der Waals surface area contributed by atoms with Crippen LogP contribution in [0, 0.1) is 0 Å². The van der Waals surface area contributed by atoms with Crippen LogP contribution in [-0.4, -0.2) is 27.3 Å². The van der Waals surface area contributed by atoms with Crippen LogP contribution in [0.3, 0.4) is 0 Å². The second-order valence-electron chi connectivity index (χ2n) is 7.25. The molecule has 0 unspecified atom stereocenters. The Morgan fingerprint density at radius 3 is 2.79 bits per heavy atom. The normalized spacial score (nSPS) is 13.1. The van der Waals surface area contributed by atoms with Crippen LogP contribution in [0.2, 0.25) is 0 Å². The van der Waals surface area contributed by atoms with Gasteiger partial charge in [0.05, 0.1) is 6.54 Å². The third kappa shape index (κ3) is 4.26. The number of hydrogen-bond acceptors (Lipinski definition) is 3. The molecule has 4 rings (SSSR count). The standard InChI is InChI=1S/C23H26N4O2/c1-3-17-8-7-9-18(14-17)24-23(28)27-13-12-22-20(15-27)21(25-26(22)2)16-29-19-10-5-4-6-11-19/h4-11,14H,3,12-13,15-16H2,1-2H3,(H,24,28). The van der Waals surface area contributed by atoms with E-state index in [2.05, 4.69) is 23.4 Å². The summed E-state index contributed by atoms with van der Waals surface area (Å²) in [6.07, 6.45) is 1.73. The summed E-state index contributed by atoms with van der Waals surface area (Å²) < 4.78 is 7.81. The lowest BCUT2D eigenvalue weighted by Gasteiger charge is -2.28. The first-order valence-electron chi connectivity index (χ1n) is 10.0. The van der Waals surface area contributed by atoms with Crippen LogP contribution in [0.15, 0.2) is 54.6 Å². The zero-order chi connectivity index (χ0) is 20.2. The quantitative estimate of drug-likeness (QED) is 0.712. The minimum atomic E-state index is -0.0808. The van der Waals surface area contributed by atoms with E-state index in [1.54, 1.807) is 0 Å². The number of aromatic nitrogens is 2. The summed E-state index contributed by atoms with van der Waals surface area (Å²) in [5.41, 5.74) is 5.19. The number of nitrogens with one attached hydrogen (secondary N) is 1. The van der Waals surface area contributed by atoms with Crippen molar-refractivity contribution in [2.75, 3.05) is 11.9 Å². The topological polar surface area (TPSA) is 59.4 Å². The molecular weight excluding hydrogens is 364 g/mol. The van der Waals surface area contributed by atoms with E-state index in [4.69, 9.17) is 4.74 Å². The summed E-state index contributed by atoms with van der Waals surface area (Å²) >= 11 is 0. The average molecular weight is 390 g/mol. The van der Waals surface area contributed by atoms with Crippen molar-refractivity contribution in [1.29, 1.82) is 0 Å². The molecule has 1 aliphatic rings. The summed E-state index contributed by atoms with van der Waals surface area (Å²) in [6, 6.07) is 17.6. The smallest absolute Gasteiger partial charge is 0.322 e. The first kappa shape index (κ1) is 19.1. The first-order chi connectivity index (χ1) is 14.1. The number of carbonyl (C=O) groups is 1. The Balaban J connectivity index is 1.46. The minimum absolute atomic E-state index is 0.0808. The SMILES string of the molecule is CCc1cccc(NC(=O)N2CCc3c(c(COc4ccccc4)nn3C)C2)c1. The molecule has 0 radical (unpaired) electrons. The summed E-state index contributed by atoms with van der Waals surface area (Å²) in [4.78, 5) is 14.7. The Bertz CT molecular complexity index is 997. The van der Waals surface area contributed by atoms with Crippen molar-refractivity contribution in [2.45, 2.75) is 32.9 Å². The number of nitrogens with zero attached hydrogens (tertiary/aromatic N) is 3. The maximum atomic E-state index is 12.8. The van der Waals surface area contributed by atoms with Crippen molar-refractivity contribution in [2.24, 2.45) is 7.05 Å². The molecule has 150 valence electrons. The molecule has 6 nitrogen and oxygen atoms in total. The van der Waals surface area contributed by atoms with Crippen molar-refractivity contribution in [3.63, 3.8) is 0 Å². The van der Waals surface area contributed by atoms with Gasteiger partial charge in [-0.2, -0.15) is 5.10 Å². The Morgan fingerprint density at radius 2 is 2.00 bits per heavy atom. The van der Waals surface area contributed by atoms with E-state index >= 15 is 0 Å². The van der Waals surface area contributed by atoms with Gasteiger partial charge in [0.15, 0.2) is 0 Å². The number of para-hydroxylation sites is 1. The van der Waals surface area contributed by atoms with E-state index in [-0.39, 0.29) is 6.03 Å². The molecule has 1 N–H and O–H groups in total. The number of hydrogen-bond donors (Lipinski definition) is 1. The average Bonchev–Trinajstić information content (AvgIpc) is 3.08. The zero-order valence-electron chi connectivity index (χ0n) is 16.9. The van der Waals surface area contributed by atoms with Gasteiger partial charge in [-0.3, -0.25) is 4.68 Å². The largest absolute Gasteiger partial charge is 0.487 e. The fourth-order valence-corrected chi connectivity index (χ4v) is 3.70. The fourth-order valence-electron chi connectivity index (χ4n) is 3.70. The second-order valence-corrected chi connectivity index (χ2v) is 7.25. The van der Waals surface area contributed by atoms with Crippen LogP contribution in [0.4, 0.5) is 10.5 Å². The highest BCUT2D eigenvalue weighted by Gasteiger charge is 2.27. The molecule has 0 atom stereocenters. The molecule has 0 saturated heterocycles. The number of amides is 2. The molecule has 2 heterocycles. The number of anilines is 1. The Kier molecular flexibility index (Phi) is 5.51. The molecule has 1 aliphatic heterocycles. The lowest BCUT2D eigenvalue weighted by Crippen LogP contribution is -2.39. The highest BCUT2D eigenvalue weighted by Crippen LogP contribution is 2.24. The summed E-state index contributed by atoms with van der Waals surface area (Å²) in [5.74, 6) is 0.813.